The number of aromatic nitrogens is 1. The monoisotopic (exact) mass is 255 g/mol. The summed E-state index contributed by atoms with van der Waals surface area (Å²) in [5.41, 5.74) is 6.17. The fourth-order valence-corrected chi connectivity index (χ4v) is 1.53. The Hall–Kier alpha value is -0.870. The molecule has 0 fully saturated rings. The molecule has 2 N–H and O–H groups in total. The van der Waals surface area contributed by atoms with Crippen LogP contribution in [-0.2, 0) is 19.4 Å². The molecule has 2 heterocycles. The molecule has 0 aliphatic carbocycles. The second-order valence-corrected chi connectivity index (χ2v) is 4.11. The predicted molar refractivity (Wildman–Crippen MR) is 76.6 cm³/mol. The zero-order chi connectivity index (χ0) is 14.0. The molecule has 1 aromatic heterocycles. The van der Waals surface area contributed by atoms with E-state index in [1.807, 2.05) is 13.8 Å². The summed E-state index contributed by atoms with van der Waals surface area (Å²) in [6.45, 7) is 11.0. The average molecular weight is 255 g/mol. The summed E-state index contributed by atoms with van der Waals surface area (Å²) in [6.07, 6.45) is 3.01. The third-order valence-corrected chi connectivity index (χ3v) is 2.55. The molecule has 0 spiro atoms. The third kappa shape index (κ3) is 5.65. The zero-order valence-electron chi connectivity index (χ0n) is 12.6. The van der Waals surface area contributed by atoms with Crippen LogP contribution < -0.4 is 5.73 Å². The topological polar surface area (TPSA) is 55.3 Å². The van der Waals surface area contributed by atoms with Crippen molar-refractivity contribution < 1.29 is 4.42 Å². The van der Waals surface area contributed by atoms with Gasteiger partial charge in [0, 0.05) is 25.9 Å². The molecule has 0 bridgehead atoms. The minimum absolute atomic E-state index is 0.819. The molecular weight excluding hydrogens is 226 g/mol. The van der Waals surface area contributed by atoms with Crippen molar-refractivity contribution in [3.05, 3.63) is 17.3 Å². The number of rotatable bonds is 2. The van der Waals surface area contributed by atoms with Gasteiger partial charge in [-0.15, -0.1) is 0 Å². The molecule has 1 aliphatic rings. The van der Waals surface area contributed by atoms with E-state index in [1.165, 1.54) is 0 Å². The van der Waals surface area contributed by atoms with Crippen LogP contribution in [0, 0.1) is 0 Å². The number of hydrogen-bond acceptors (Lipinski definition) is 4. The highest BCUT2D eigenvalue weighted by Gasteiger charge is 2.18. The van der Waals surface area contributed by atoms with Crippen molar-refractivity contribution in [1.82, 2.24) is 9.88 Å². The normalized spacial score (nSPS) is 13.9. The molecule has 4 heteroatoms. The Labute approximate surface area is 112 Å². The maximum absolute atomic E-state index is 5.57. The Kier molecular flexibility index (Phi) is 9.60. The highest BCUT2D eigenvalue weighted by atomic mass is 16.4. The Morgan fingerprint density at radius 1 is 1.33 bits per heavy atom. The molecule has 0 aromatic carbocycles. The summed E-state index contributed by atoms with van der Waals surface area (Å²) in [4.78, 5) is 6.68. The lowest BCUT2D eigenvalue weighted by Crippen LogP contribution is -2.25. The summed E-state index contributed by atoms with van der Waals surface area (Å²) in [6, 6.07) is 0. The largest absolute Gasteiger partial charge is 0.445 e. The first kappa shape index (κ1) is 17.1. The van der Waals surface area contributed by atoms with Gasteiger partial charge in [0.15, 0.2) is 5.89 Å². The first-order chi connectivity index (χ1) is 8.71. The predicted octanol–water partition coefficient (Wildman–Crippen LogP) is 2.61. The lowest BCUT2D eigenvalue weighted by molar-refractivity contribution is 0.290. The second-order valence-electron chi connectivity index (χ2n) is 4.11. The fourth-order valence-electron chi connectivity index (χ4n) is 1.53. The van der Waals surface area contributed by atoms with E-state index in [4.69, 9.17) is 10.2 Å². The maximum atomic E-state index is 5.57. The molecule has 0 amide bonds. The van der Waals surface area contributed by atoms with Crippen LogP contribution in [0.5, 0.6) is 0 Å². The molecule has 2 rings (SSSR count). The van der Waals surface area contributed by atoms with Crippen molar-refractivity contribution >= 4 is 0 Å². The number of hydrogen-bond donors (Lipinski definition) is 1. The van der Waals surface area contributed by atoms with Gasteiger partial charge in [-0.25, -0.2) is 4.98 Å². The average Bonchev–Trinajstić information content (AvgIpc) is 2.83. The van der Waals surface area contributed by atoms with Crippen LogP contribution in [0.2, 0.25) is 0 Å². The number of oxazole rings is 1. The van der Waals surface area contributed by atoms with E-state index < -0.39 is 0 Å². The van der Waals surface area contributed by atoms with Crippen LogP contribution in [-0.4, -0.2) is 30.0 Å². The molecule has 106 valence electrons. The van der Waals surface area contributed by atoms with Crippen molar-refractivity contribution in [2.45, 2.75) is 53.5 Å². The molecule has 0 radical (unpaired) electrons. The minimum Gasteiger partial charge on any atom is -0.445 e. The smallest absolute Gasteiger partial charge is 0.194 e. The van der Waals surface area contributed by atoms with Crippen molar-refractivity contribution in [1.29, 1.82) is 0 Å². The molecule has 1 aromatic rings. The van der Waals surface area contributed by atoms with Gasteiger partial charge in [0.1, 0.15) is 5.76 Å². The van der Waals surface area contributed by atoms with Gasteiger partial charge < -0.3 is 10.2 Å². The highest BCUT2D eigenvalue weighted by molar-refractivity contribution is 5.13. The number of nitrogens with two attached hydrogens (primary N) is 1. The summed E-state index contributed by atoms with van der Waals surface area (Å²) < 4.78 is 5.57. The molecule has 0 saturated carbocycles. The van der Waals surface area contributed by atoms with Crippen LogP contribution in [0.15, 0.2) is 4.42 Å². The number of fused-ring (bicyclic) bond motifs is 1. The van der Waals surface area contributed by atoms with Gasteiger partial charge in [0.2, 0.25) is 0 Å². The van der Waals surface area contributed by atoms with Gasteiger partial charge in [0.25, 0.3) is 0 Å². The van der Waals surface area contributed by atoms with Crippen molar-refractivity contribution in [3.63, 3.8) is 0 Å². The Bertz CT molecular complexity index is 308. The van der Waals surface area contributed by atoms with Gasteiger partial charge in [-0.3, -0.25) is 4.90 Å². The van der Waals surface area contributed by atoms with E-state index in [-0.39, 0.29) is 0 Å². The first-order valence-electron chi connectivity index (χ1n) is 7.07. The van der Waals surface area contributed by atoms with Gasteiger partial charge >= 0.3 is 0 Å². The van der Waals surface area contributed by atoms with Crippen molar-refractivity contribution in [2.75, 3.05) is 20.1 Å². The quantitative estimate of drug-likeness (QED) is 0.882. The Balaban J connectivity index is 0.000000415. The van der Waals surface area contributed by atoms with Crippen LogP contribution in [0.1, 0.15) is 51.5 Å². The van der Waals surface area contributed by atoms with Crippen LogP contribution in [0.25, 0.3) is 0 Å². The SMILES string of the molecule is CC.CCCN.CCc1nc2c(o1)CCN(C)C2. The van der Waals surface area contributed by atoms with Crippen molar-refractivity contribution in [3.8, 4) is 0 Å². The molecule has 0 unspecified atom stereocenters. The van der Waals surface area contributed by atoms with Gasteiger partial charge in [-0.05, 0) is 20.0 Å². The summed E-state index contributed by atoms with van der Waals surface area (Å²) in [5.74, 6) is 1.99. The van der Waals surface area contributed by atoms with E-state index in [9.17, 15) is 0 Å². The molecule has 18 heavy (non-hydrogen) atoms. The first-order valence-corrected chi connectivity index (χ1v) is 7.07. The van der Waals surface area contributed by atoms with Gasteiger partial charge in [0.05, 0.1) is 5.69 Å². The minimum atomic E-state index is 0.819. The molecule has 4 nitrogen and oxygen atoms in total. The number of aryl methyl sites for hydroxylation is 1. The Morgan fingerprint density at radius 3 is 2.44 bits per heavy atom. The van der Waals surface area contributed by atoms with E-state index >= 15 is 0 Å². The van der Waals surface area contributed by atoms with E-state index in [0.717, 1.165) is 56.2 Å². The molecular formula is C14H29N3O. The third-order valence-electron chi connectivity index (χ3n) is 2.55. The van der Waals surface area contributed by atoms with E-state index in [0.29, 0.717) is 0 Å². The molecule has 0 atom stereocenters. The lowest BCUT2D eigenvalue weighted by atomic mass is 10.2. The number of likely N-dealkylation sites (N-methyl/N-ethyl adjacent to an activating group) is 1. The molecule has 1 aliphatic heterocycles. The standard InChI is InChI=1S/C9H14N2O.C3H9N.C2H6/c1-3-9-10-7-6-11(2)5-4-8(7)12-9;1-2-3-4;1-2/h3-6H2,1-2H3;2-4H2,1H3;1-2H3. The summed E-state index contributed by atoms with van der Waals surface area (Å²) in [5, 5.41) is 0. The van der Waals surface area contributed by atoms with Crippen LogP contribution >= 0.6 is 0 Å². The maximum Gasteiger partial charge on any atom is 0.194 e. The van der Waals surface area contributed by atoms with Crippen LogP contribution in [0.4, 0.5) is 0 Å². The zero-order valence-corrected chi connectivity index (χ0v) is 12.6. The highest BCUT2D eigenvalue weighted by Crippen LogP contribution is 2.18. The van der Waals surface area contributed by atoms with E-state index in [1.54, 1.807) is 0 Å². The van der Waals surface area contributed by atoms with E-state index in [2.05, 4.69) is 30.8 Å². The number of nitrogens with zero attached hydrogens (tertiary/aromatic N) is 2. The van der Waals surface area contributed by atoms with Crippen LogP contribution in [0.3, 0.4) is 0 Å². The summed E-state index contributed by atoms with van der Waals surface area (Å²) in [7, 11) is 2.11. The molecule has 0 saturated heterocycles. The lowest BCUT2D eigenvalue weighted by Gasteiger charge is -2.19. The second kappa shape index (κ2) is 10.1. The van der Waals surface area contributed by atoms with Crippen molar-refractivity contribution in [2.24, 2.45) is 5.73 Å². The summed E-state index contributed by atoms with van der Waals surface area (Å²) >= 11 is 0. The fraction of sp³-hybridized carbons (Fsp3) is 0.786. The Morgan fingerprint density at radius 2 is 1.94 bits per heavy atom. The van der Waals surface area contributed by atoms with Gasteiger partial charge in [-0.1, -0.05) is 27.7 Å². The van der Waals surface area contributed by atoms with Gasteiger partial charge in [-0.2, -0.15) is 0 Å².